The molecule has 3 aromatic rings. The maximum atomic E-state index is 12.9. The Labute approximate surface area is 179 Å². The predicted molar refractivity (Wildman–Crippen MR) is 119 cm³/mol. The molecule has 0 aliphatic rings. The van der Waals surface area contributed by atoms with Gasteiger partial charge in [0.15, 0.2) is 5.16 Å². The van der Waals surface area contributed by atoms with Crippen molar-refractivity contribution in [1.29, 1.82) is 0 Å². The largest absolute Gasteiger partial charge is 0.355 e. The highest BCUT2D eigenvalue weighted by Gasteiger charge is 2.17. The average molecular weight is 433 g/mol. The highest BCUT2D eigenvalue weighted by atomic mass is 35.5. The minimum Gasteiger partial charge on any atom is -0.355 e. The van der Waals surface area contributed by atoms with Gasteiger partial charge in [-0.15, -0.1) is 0 Å². The number of aryl methyl sites for hydroxylation is 1. The first-order chi connectivity index (χ1) is 13.9. The molecular weight excluding hydrogens is 408 g/mol. The smallest absolute Gasteiger partial charge is 0.278 e. The van der Waals surface area contributed by atoms with Gasteiger partial charge in [-0.1, -0.05) is 42.4 Å². The molecule has 0 unspecified atom stereocenters. The van der Waals surface area contributed by atoms with E-state index in [4.69, 9.17) is 11.6 Å². The predicted octanol–water partition coefficient (Wildman–Crippen LogP) is 4.11. The molecule has 154 valence electrons. The summed E-state index contributed by atoms with van der Waals surface area (Å²) in [4.78, 5) is 32.9. The van der Waals surface area contributed by atoms with E-state index < -0.39 is 0 Å². The summed E-state index contributed by atoms with van der Waals surface area (Å²) in [5.41, 5.74) is 3.06. The van der Waals surface area contributed by atoms with Crippen LogP contribution in [0.3, 0.4) is 0 Å². The quantitative estimate of drug-likeness (QED) is 0.414. The van der Waals surface area contributed by atoms with Crippen LogP contribution in [0.25, 0.3) is 11.0 Å². The van der Waals surface area contributed by atoms with Gasteiger partial charge >= 0.3 is 0 Å². The van der Waals surface area contributed by atoms with E-state index in [-0.39, 0.29) is 23.3 Å². The number of rotatable bonds is 8. The molecule has 0 saturated carbocycles. The van der Waals surface area contributed by atoms with Gasteiger partial charge in [-0.25, -0.2) is 4.98 Å². The molecule has 0 spiro atoms. The van der Waals surface area contributed by atoms with Crippen LogP contribution in [-0.4, -0.2) is 32.7 Å². The molecule has 0 saturated heterocycles. The van der Waals surface area contributed by atoms with Crippen LogP contribution in [0.5, 0.6) is 0 Å². The standard InChI is InChI=1S/C21H25ClN4O2S/c1-4-14(3)26-20(28)19-17(11-13(2)24-19)25-21(26)29-12-18(27)23-10-9-15-5-7-16(22)8-6-15/h5-8,11,14,24H,4,9-10,12H2,1-3H3,(H,23,27)/t14-/m0/s1. The van der Waals surface area contributed by atoms with E-state index >= 15 is 0 Å². The van der Waals surface area contributed by atoms with Crippen LogP contribution >= 0.6 is 23.4 Å². The van der Waals surface area contributed by atoms with Crippen LogP contribution in [0.1, 0.15) is 37.6 Å². The third-order valence-corrected chi connectivity index (χ3v) is 6.00. The van der Waals surface area contributed by atoms with Gasteiger partial charge in [-0.05, 0) is 50.5 Å². The molecule has 0 fully saturated rings. The second-order valence-corrected chi connectivity index (χ2v) is 8.43. The molecule has 8 heteroatoms. The maximum absolute atomic E-state index is 12.9. The molecule has 2 N–H and O–H groups in total. The summed E-state index contributed by atoms with van der Waals surface area (Å²) in [6.45, 7) is 6.46. The Balaban J connectivity index is 1.66. The third-order valence-electron chi connectivity index (χ3n) is 4.80. The highest BCUT2D eigenvalue weighted by Crippen LogP contribution is 2.22. The summed E-state index contributed by atoms with van der Waals surface area (Å²) < 4.78 is 1.68. The number of halogens is 1. The molecule has 0 radical (unpaired) electrons. The Kier molecular flexibility index (Phi) is 7.03. The molecule has 0 bridgehead atoms. The Morgan fingerprint density at radius 2 is 2.07 bits per heavy atom. The lowest BCUT2D eigenvalue weighted by Gasteiger charge is -2.17. The topological polar surface area (TPSA) is 79.8 Å². The number of carbonyl (C=O) groups is 1. The molecule has 29 heavy (non-hydrogen) atoms. The van der Waals surface area contributed by atoms with Crippen molar-refractivity contribution in [3.63, 3.8) is 0 Å². The van der Waals surface area contributed by atoms with Crippen molar-refractivity contribution in [3.05, 3.63) is 57.0 Å². The van der Waals surface area contributed by atoms with E-state index in [0.717, 1.165) is 24.1 Å². The number of H-pyrrole nitrogens is 1. The minimum atomic E-state index is -0.0944. The number of hydrogen-bond acceptors (Lipinski definition) is 4. The zero-order chi connectivity index (χ0) is 21.0. The second-order valence-electron chi connectivity index (χ2n) is 7.05. The number of amides is 1. The van der Waals surface area contributed by atoms with E-state index in [9.17, 15) is 9.59 Å². The first-order valence-electron chi connectivity index (χ1n) is 9.64. The molecule has 0 aliphatic carbocycles. The van der Waals surface area contributed by atoms with Gasteiger partial charge in [0.2, 0.25) is 5.91 Å². The lowest BCUT2D eigenvalue weighted by atomic mass is 10.1. The lowest BCUT2D eigenvalue weighted by Crippen LogP contribution is -2.29. The third kappa shape index (κ3) is 5.22. The van der Waals surface area contributed by atoms with Gasteiger partial charge in [0.1, 0.15) is 5.52 Å². The van der Waals surface area contributed by atoms with Crippen molar-refractivity contribution in [2.75, 3.05) is 12.3 Å². The van der Waals surface area contributed by atoms with Gasteiger partial charge in [0.25, 0.3) is 5.56 Å². The van der Waals surface area contributed by atoms with Crippen LogP contribution < -0.4 is 10.9 Å². The first-order valence-corrected chi connectivity index (χ1v) is 11.0. The fraction of sp³-hybridized carbons (Fsp3) is 0.381. The summed E-state index contributed by atoms with van der Waals surface area (Å²) in [5, 5.41) is 4.19. The van der Waals surface area contributed by atoms with E-state index in [1.807, 2.05) is 51.1 Å². The summed E-state index contributed by atoms with van der Waals surface area (Å²) in [6, 6.07) is 9.44. The Morgan fingerprint density at radius 1 is 1.34 bits per heavy atom. The number of nitrogens with zero attached hydrogens (tertiary/aromatic N) is 2. The molecule has 2 aromatic heterocycles. The summed E-state index contributed by atoms with van der Waals surface area (Å²) in [7, 11) is 0. The van der Waals surface area contributed by atoms with Crippen molar-refractivity contribution in [2.45, 2.75) is 44.8 Å². The maximum Gasteiger partial charge on any atom is 0.278 e. The molecule has 1 atom stereocenters. The molecule has 3 rings (SSSR count). The number of nitrogens with one attached hydrogen (secondary N) is 2. The van der Waals surface area contributed by atoms with Crippen molar-refractivity contribution >= 4 is 40.3 Å². The zero-order valence-electron chi connectivity index (χ0n) is 16.8. The second kappa shape index (κ2) is 9.50. The molecule has 1 aromatic carbocycles. The number of carbonyl (C=O) groups excluding carboxylic acids is 1. The van der Waals surface area contributed by atoms with Gasteiger partial charge in [-0.2, -0.15) is 0 Å². The Bertz CT molecular complexity index is 1060. The van der Waals surface area contributed by atoms with E-state index in [1.54, 1.807) is 4.57 Å². The number of benzene rings is 1. The van der Waals surface area contributed by atoms with Gasteiger partial charge in [0.05, 0.1) is 11.3 Å². The lowest BCUT2D eigenvalue weighted by molar-refractivity contribution is -0.118. The first kappa shape index (κ1) is 21.5. The SMILES string of the molecule is CC[C@H](C)n1c(SCC(=O)NCCc2ccc(Cl)cc2)nc2cc(C)[nH]c2c1=O. The van der Waals surface area contributed by atoms with E-state index in [2.05, 4.69) is 15.3 Å². The minimum absolute atomic E-state index is 0.00141. The van der Waals surface area contributed by atoms with Crippen molar-refractivity contribution < 1.29 is 4.79 Å². The highest BCUT2D eigenvalue weighted by molar-refractivity contribution is 7.99. The van der Waals surface area contributed by atoms with Gasteiger partial charge in [-0.3, -0.25) is 14.2 Å². The number of aromatic amines is 1. The summed E-state index contributed by atoms with van der Waals surface area (Å²) >= 11 is 7.18. The Hall–Kier alpha value is -2.25. The average Bonchev–Trinajstić information content (AvgIpc) is 3.08. The van der Waals surface area contributed by atoms with Crippen molar-refractivity contribution in [2.24, 2.45) is 0 Å². The molecule has 2 heterocycles. The van der Waals surface area contributed by atoms with Crippen LogP contribution in [0.4, 0.5) is 0 Å². The monoisotopic (exact) mass is 432 g/mol. The molecule has 6 nitrogen and oxygen atoms in total. The van der Waals surface area contributed by atoms with Crippen LogP contribution in [0.15, 0.2) is 40.3 Å². The zero-order valence-corrected chi connectivity index (χ0v) is 18.4. The molecule has 0 aliphatic heterocycles. The Morgan fingerprint density at radius 3 is 2.76 bits per heavy atom. The molecule has 1 amide bonds. The number of fused-ring (bicyclic) bond motifs is 1. The summed E-state index contributed by atoms with van der Waals surface area (Å²) in [6.07, 6.45) is 1.53. The van der Waals surface area contributed by atoms with Crippen LogP contribution in [0, 0.1) is 6.92 Å². The fourth-order valence-corrected chi connectivity index (χ4v) is 4.09. The van der Waals surface area contributed by atoms with Gasteiger partial charge < -0.3 is 10.3 Å². The summed E-state index contributed by atoms with van der Waals surface area (Å²) in [5.74, 6) is 0.123. The van der Waals surface area contributed by atoms with Gasteiger partial charge in [0, 0.05) is 23.3 Å². The normalized spacial score (nSPS) is 12.3. The van der Waals surface area contributed by atoms with Crippen LogP contribution in [0.2, 0.25) is 5.02 Å². The van der Waals surface area contributed by atoms with Crippen molar-refractivity contribution in [3.8, 4) is 0 Å². The number of hydrogen-bond donors (Lipinski definition) is 2. The van der Waals surface area contributed by atoms with Crippen LogP contribution in [-0.2, 0) is 11.2 Å². The van der Waals surface area contributed by atoms with E-state index in [1.165, 1.54) is 11.8 Å². The van der Waals surface area contributed by atoms with E-state index in [0.29, 0.717) is 27.8 Å². The number of aromatic nitrogens is 3. The fourth-order valence-electron chi connectivity index (χ4n) is 3.04. The number of thioether (sulfide) groups is 1. The molecular formula is C21H25ClN4O2S. The van der Waals surface area contributed by atoms with Crippen molar-refractivity contribution in [1.82, 2.24) is 19.9 Å².